The number of benzene rings is 1. The first-order chi connectivity index (χ1) is 10.0. The Morgan fingerprint density at radius 3 is 2.81 bits per heavy atom. The minimum atomic E-state index is 0.246. The van der Waals surface area contributed by atoms with Crippen molar-refractivity contribution in [3.8, 4) is 0 Å². The second-order valence-electron chi connectivity index (χ2n) is 6.72. The van der Waals surface area contributed by atoms with Gasteiger partial charge in [0.25, 0.3) is 0 Å². The molecule has 2 nitrogen and oxygen atoms in total. The van der Waals surface area contributed by atoms with Crippen LogP contribution in [0.5, 0.6) is 0 Å². The lowest BCUT2D eigenvalue weighted by molar-refractivity contribution is 0.126. The molecule has 1 N–H and O–H groups in total. The number of unbranched alkanes of at least 4 members (excludes halogenated alkanes) is 1. The fourth-order valence-electron chi connectivity index (χ4n) is 3.16. The van der Waals surface area contributed by atoms with Gasteiger partial charge in [0.1, 0.15) is 0 Å². The van der Waals surface area contributed by atoms with Gasteiger partial charge in [-0.05, 0) is 54.5 Å². The van der Waals surface area contributed by atoms with E-state index >= 15 is 0 Å². The number of fused-ring (bicyclic) bond motifs is 1. The predicted molar refractivity (Wildman–Crippen MR) is 90.0 cm³/mol. The molecule has 0 fully saturated rings. The fourth-order valence-corrected chi connectivity index (χ4v) is 3.35. The Morgan fingerprint density at radius 1 is 1.29 bits per heavy atom. The van der Waals surface area contributed by atoms with Crippen LogP contribution in [0.3, 0.4) is 0 Å². The summed E-state index contributed by atoms with van der Waals surface area (Å²) < 4.78 is 5.62. The van der Waals surface area contributed by atoms with Gasteiger partial charge in [0.15, 0.2) is 0 Å². The van der Waals surface area contributed by atoms with Crippen LogP contribution in [0.2, 0.25) is 5.02 Å². The van der Waals surface area contributed by atoms with Gasteiger partial charge in [0, 0.05) is 24.3 Å². The summed E-state index contributed by atoms with van der Waals surface area (Å²) in [6.45, 7) is 9.58. The number of nitrogens with one attached hydrogen (secondary N) is 1. The molecule has 1 aromatic rings. The fraction of sp³-hybridized carbons (Fsp3) is 0.667. The van der Waals surface area contributed by atoms with Crippen molar-refractivity contribution in [3.63, 3.8) is 0 Å². The molecule has 0 heterocycles. The third-order valence-electron chi connectivity index (χ3n) is 4.30. The molecule has 1 atom stereocenters. The van der Waals surface area contributed by atoms with Crippen molar-refractivity contribution in [1.82, 2.24) is 5.32 Å². The lowest BCUT2D eigenvalue weighted by Crippen LogP contribution is -2.32. The van der Waals surface area contributed by atoms with E-state index in [9.17, 15) is 0 Å². The predicted octanol–water partition coefficient (Wildman–Crippen LogP) is 4.76. The Kier molecular flexibility index (Phi) is 6.09. The monoisotopic (exact) mass is 309 g/mol. The van der Waals surface area contributed by atoms with E-state index in [0.29, 0.717) is 6.04 Å². The van der Waals surface area contributed by atoms with Gasteiger partial charge in [-0.2, -0.15) is 0 Å². The molecule has 0 spiro atoms. The molecule has 1 unspecified atom stereocenters. The summed E-state index contributed by atoms with van der Waals surface area (Å²) in [5.41, 5.74) is 3.05. The number of hydrogen-bond acceptors (Lipinski definition) is 2. The SMILES string of the molecule is CCCCOCCCNC1c2cc(Cl)ccc2CC1(C)C. The van der Waals surface area contributed by atoms with Gasteiger partial charge in [0.2, 0.25) is 0 Å². The lowest BCUT2D eigenvalue weighted by Gasteiger charge is -2.28. The molecule has 0 saturated carbocycles. The zero-order valence-corrected chi connectivity index (χ0v) is 14.3. The molecule has 0 aromatic heterocycles. The third kappa shape index (κ3) is 4.45. The molecule has 118 valence electrons. The van der Waals surface area contributed by atoms with Gasteiger partial charge in [-0.1, -0.05) is 44.9 Å². The van der Waals surface area contributed by atoms with Crippen LogP contribution in [0.1, 0.15) is 57.2 Å². The van der Waals surface area contributed by atoms with E-state index < -0.39 is 0 Å². The second-order valence-corrected chi connectivity index (χ2v) is 7.15. The molecule has 0 saturated heterocycles. The van der Waals surface area contributed by atoms with Crippen molar-refractivity contribution >= 4 is 11.6 Å². The zero-order chi connectivity index (χ0) is 15.3. The molecular formula is C18H28ClNO. The van der Waals surface area contributed by atoms with Gasteiger partial charge < -0.3 is 10.1 Å². The maximum Gasteiger partial charge on any atom is 0.0478 e. The van der Waals surface area contributed by atoms with Crippen molar-refractivity contribution in [2.75, 3.05) is 19.8 Å². The number of ether oxygens (including phenoxy) is 1. The molecular weight excluding hydrogens is 282 g/mol. The van der Waals surface area contributed by atoms with Crippen LogP contribution in [0.25, 0.3) is 0 Å². The highest BCUT2D eigenvalue weighted by atomic mass is 35.5. The van der Waals surface area contributed by atoms with Crippen LogP contribution in [-0.4, -0.2) is 19.8 Å². The van der Waals surface area contributed by atoms with Crippen molar-refractivity contribution in [2.45, 2.75) is 52.5 Å². The van der Waals surface area contributed by atoms with Crippen LogP contribution in [-0.2, 0) is 11.2 Å². The van der Waals surface area contributed by atoms with E-state index in [2.05, 4.69) is 38.2 Å². The molecule has 0 radical (unpaired) electrons. The van der Waals surface area contributed by atoms with Gasteiger partial charge in [-0.15, -0.1) is 0 Å². The van der Waals surface area contributed by atoms with Gasteiger partial charge in [0.05, 0.1) is 0 Å². The standard InChI is InChI=1S/C18H28ClNO/c1-4-5-10-21-11-6-9-20-17-16-12-15(19)8-7-14(16)13-18(17,2)3/h7-8,12,17,20H,4-6,9-11,13H2,1-3H3. The zero-order valence-electron chi connectivity index (χ0n) is 13.5. The minimum absolute atomic E-state index is 0.246. The summed E-state index contributed by atoms with van der Waals surface area (Å²) in [5.74, 6) is 0. The van der Waals surface area contributed by atoms with E-state index in [-0.39, 0.29) is 5.41 Å². The maximum atomic E-state index is 6.17. The number of hydrogen-bond donors (Lipinski definition) is 1. The average molecular weight is 310 g/mol. The van der Waals surface area contributed by atoms with E-state index in [1.807, 2.05) is 6.07 Å². The number of rotatable bonds is 8. The first-order valence-corrected chi connectivity index (χ1v) is 8.52. The summed E-state index contributed by atoms with van der Waals surface area (Å²) in [6, 6.07) is 6.69. The van der Waals surface area contributed by atoms with Gasteiger partial charge in [-0.25, -0.2) is 0 Å². The smallest absolute Gasteiger partial charge is 0.0478 e. The Bertz CT molecular complexity index is 459. The quantitative estimate of drug-likeness (QED) is 0.699. The Morgan fingerprint density at radius 2 is 2.05 bits per heavy atom. The molecule has 0 aliphatic heterocycles. The molecule has 0 amide bonds. The van der Waals surface area contributed by atoms with E-state index in [0.717, 1.165) is 44.0 Å². The molecule has 0 bridgehead atoms. The van der Waals surface area contributed by atoms with Crippen LogP contribution in [0.15, 0.2) is 18.2 Å². The summed E-state index contributed by atoms with van der Waals surface area (Å²) in [4.78, 5) is 0. The van der Waals surface area contributed by atoms with Crippen LogP contribution in [0, 0.1) is 5.41 Å². The molecule has 3 heteroatoms. The summed E-state index contributed by atoms with van der Waals surface area (Å²) in [6.07, 6.45) is 4.54. The van der Waals surface area contributed by atoms with Crippen LogP contribution < -0.4 is 5.32 Å². The Labute approximate surface area is 134 Å². The molecule has 2 rings (SSSR count). The van der Waals surface area contributed by atoms with E-state index in [4.69, 9.17) is 16.3 Å². The Hall–Kier alpha value is -0.570. The van der Waals surface area contributed by atoms with Crippen molar-refractivity contribution in [1.29, 1.82) is 0 Å². The van der Waals surface area contributed by atoms with Crippen molar-refractivity contribution < 1.29 is 4.74 Å². The van der Waals surface area contributed by atoms with E-state index in [1.165, 1.54) is 17.5 Å². The highest BCUT2D eigenvalue weighted by molar-refractivity contribution is 6.30. The molecule has 1 aliphatic carbocycles. The van der Waals surface area contributed by atoms with E-state index in [1.54, 1.807) is 0 Å². The first kappa shape index (κ1) is 16.8. The average Bonchev–Trinajstić information content (AvgIpc) is 2.68. The molecule has 21 heavy (non-hydrogen) atoms. The highest BCUT2D eigenvalue weighted by Gasteiger charge is 2.38. The minimum Gasteiger partial charge on any atom is -0.381 e. The maximum absolute atomic E-state index is 6.17. The van der Waals surface area contributed by atoms with Gasteiger partial charge in [-0.3, -0.25) is 0 Å². The Balaban J connectivity index is 1.83. The largest absolute Gasteiger partial charge is 0.381 e. The second kappa shape index (κ2) is 7.62. The van der Waals surface area contributed by atoms with Crippen LogP contribution in [0.4, 0.5) is 0 Å². The van der Waals surface area contributed by atoms with Crippen LogP contribution >= 0.6 is 11.6 Å². The highest BCUT2D eigenvalue weighted by Crippen LogP contribution is 2.45. The third-order valence-corrected chi connectivity index (χ3v) is 4.54. The summed E-state index contributed by atoms with van der Waals surface area (Å²) in [5, 5.41) is 4.54. The van der Waals surface area contributed by atoms with Gasteiger partial charge >= 0.3 is 0 Å². The first-order valence-electron chi connectivity index (χ1n) is 8.14. The topological polar surface area (TPSA) is 21.3 Å². The number of halogens is 1. The summed E-state index contributed by atoms with van der Waals surface area (Å²) >= 11 is 6.17. The summed E-state index contributed by atoms with van der Waals surface area (Å²) in [7, 11) is 0. The lowest BCUT2D eigenvalue weighted by atomic mass is 9.85. The van der Waals surface area contributed by atoms with Crippen molar-refractivity contribution in [2.24, 2.45) is 5.41 Å². The van der Waals surface area contributed by atoms with Crippen molar-refractivity contribution in [3.05, 3.63) is 34.3 Å². The molecule has 1 aromatic carbocycles. The molecule has 1 aliphatic rings. The normalized spacial score (nSPS) is 19.7.